The molecule has 0 bridgehead atoms. The molecule has 1 N–H and O–H groups in total. The van der Waals surface area contributed by atoms with Crippen LogP contribution in [-0.2, 0) is 9.53 Å². The van der Waals surface area contributed by atoms with Crippen LogP contribution in [0.1, 0.15) is 0 Å². The predicted molar refractivity (Wildman–Crippen MR) is 27.5 cm³/mol. The number of carbonyl (C=O) groups excluding carboxylic acids is 1. The molecule has 1 aliphatic rings. The van der Waals surface area contributed by atoms with Crippen molar-refractivity contribution in [3.05, 3.63) is 24.8 Å². The molecule has 3 nitrogen and oxygen atoms in total. The highest BCUT2D eigenvalue weighted by atomic mass is 16.5. The molecule has 42 valence electrons. The van der Waals surface area contributed by atoms with Crippen molar-refractivity contribution in [3.63, 3.8) is 0 Å². The normalized spacial score (nSPS) is 16.8. The van der Waals surface area contributed by atoms with Crippen molar-refractivity contribution in [1.82, 2.24) is 5.32 Å². The molecule has 0 aromatic carbocycles. The van der Waals surface area contributed by atoms with E-state index >= 15 is 0 Å². The summed E-state index contributed by atoms with van der Waals surface area (Å²) in [5, 5.41) is 2.41. The largest absolute Gasteiger partial charge is 0.471 e. The number of carbonyl (C=O) groups is 1. The lowest BCUT2D eigenvalue weighted by Gasteiger charge is -1.83. The van der Waals surface area contributed by atoms with Gasteiger partial charge in [0.2, 0.25) is 0 Å². The van der Waals surface area contributed by atoms with Crippen molar-refractivity contribution in [2.75, 3.05) is 0 Å². The Kier molecular flexibility index (Phi) is 1.32. The molecule has 1 amide bonds. The van der Waals surface area contributed by atoms with Crippen LogP contribution in [0.2, 0.25) is 0 Å². The fourth-order valence-corrected chi connectivity index (χ4v) is 0.350. The van der Waals surface area contributed by atoms with Gasteiger partial charge in [0, 0.05) is 12.3 Å². The summed E-state index contributed by atoms with van der Waals surface area (Å²) in [5.74, 6) is -0.168. The van der Waals surface area contributed by atoms with Crippen molar-refractivity contribution in [2.45, 2.75) is 0 Å². The number of nitrogens with one attached hydrogen (secondary N) is 1. The predicted octanol–water partition coefficient (Wildman–Crippen LogP) is 0.118. The van der Waals surface area contributed by atoms with Crippen LogP contribution in [-0.4, -0.2) is 5.91 Å². The van der Waals surface area contributed by atoms with E-state index in [1.165, 1.54) is 24.8 Å². The van der Waals surface area contributed by atoms with Gasteiger partial charge in [-0.15, -0.1) is 0 Å². The number of hydrogen-bond donors (Lipinski definition) is 1. The summed E-state index contributed by atoms with van der Waals surface area (Å²) in [6.45, 7) is 0. The van der Waals surface area contributed by atoms with Crippen molar-refractivity contribution in [3.8, 4) is 0 Å². The average molecular weight is 111 g/mol. The molecular weight excluding hydrogens is 106 g/mol. The Bertz CT molecular complexity index is 149. The van der Waals surface area contributed by atoms with E-state index in [2.05, 4.69) is 10.1 Å². The molecule has 0 aromatic heterocycles. The van der Waals surface area contributed by atoms with Crippen molar-refractivity contribution in [2.24, 2.45) is 0 Å². The van der Waals surface area contributed by atoms with Gasteiger partial charge in [0.25, 0.3) is 5.91 Å². The maximum absolute atomic E-state index is 10.4. The number of hydrogen-bond acceptors (Lipinski definition) is 2. The molecule has 0 radical (unpaired) electrons. The molecule has 1 heterocycles. The van der Waals surface area contributed by atoms with Crippen LogP contribution in [0, 0.1) is 0 Å². The summed E-state index contributed by atoms with van der Waals surface area (Å²) in [5.41, 5.74) is 0. The zero-order chi connectivity index (χ0) is 5.82. The first kappa shape index (κ1) is 4.90. The lowest BCUT2D eigenvalue weighted by Crippen LogP contribution is -2.11. The SMILES string of the molecule is O=C1C=COC=CN1. The Labute approximate surface area is 46.6 Å². The summed E-state index contributed by atoms with van der Waals surface area (Å²) in [6.07, 6.45) is 5.45. The van der Waals surface area contributed by atoms with E-state index < -0.39 is 0 Å². The topological polar surface area (TPSA) is 38.3 Å². The van der Waals surface area contributed by atoms with E-state index in [-0.39, 0.29) is 5.91 Å². The number of rotatable bonds is 0. The average Bonchev–Trinajstić information content (AvgIpc) is 1.94. The minimum Gasteiger partial charge on any atom is -0.471 e. The molecule has 0 saturated heterocycles. The third-order valence-electron chi connectivity index (χ3n) is 0.670. The minimum absolute atomic E-state index is 0.168. The van der Waals surface area contributed by atoms with Gasteiger partial charge in [0.15, 0.2) is 0 Å². The van der Waals surface area contributed by atoms with Gasteiger partial charge in [-0.25, -0.2) is 0 Å². The molecule has 8 heavy (non-hydrogen) atoms. The Morgan fingerprint density at radius 3 is 3.25 bits per heavy atom. The summed E-state index contributed by atoms with van der Waals surface area (Å²) in [7, 11) is 0. The Hall–Kier alpha value is -1.25. The minimum atomic E-state index is -0.168. The Balaban J connectivity index is 2.61. The summed E-state index contributed by atoms with van der Waals surface area (Å²) in [6, 6.07) is 0. The van der Waals surface area contributed by atoms with Crippen LogP contribution in [0.25, 0.3) is 0 Å². The standard InChI is InChI=1S/C5H5NO2/c7-5-1-3-8-4-2-6-5/h1-4H,(H,6,7). The van der Waals surface area contributed by atoms with Gasteiger partial charge in [0.05, 0.1) is 6.26 Å². The molecule has 1 aliphatic heterocycles. The van der Waals surface area contributed by atoms with Gasteiger partial charge in [-0.3, -0.25) is 4.79 Å². The van der Waals surface area contributed by atoms with Crippen LogP contribution < -0.4 is 5.32 Å². The van der Waals surface area contributed by atoms with Crippen molar-refractivity contribution >= 4 is 5.91 Å². The second-order valence-corrected chi connectivity index (χ2v) is 1.25. The number of ether oxygens (including phenoxy) is 1. The molecule has 0 aliphatic carbocycles. The first-order chi connectivity index (χ1) is 3.89. The molecule has 0 aromatic rings. The molecule has 3 heteroatoms. The molecule has 0 atom stereocenters. The molecule has 0 spiro atoms. The van der Waals surface area contributed by atoms with E-state index in [1.807, 2.05) is 0 Å². The highest BCUT2D eigenvalue weighted by Crippen LogP contribution is 1.83. The van der Waals surface area contributed by atoms with Gasteiger partial charge >= 0.3 is 0 Å². The molecule has 1 rings (SSSR count). The van der Waals surface area contributed by atoms with Gasteiger partial charge in [-0.05, 0) is 0 Å². The molecule has 0 fully saturated rings. The van der Waals surface area contributed by atoms with Crippen LogP contribution in [0.15, 0.2) is 24.8 Å². The Morgan fingerprint density at radius 2 is 2.38 bits per heavy atom. The zero-order valence-corrected chi connectivity index (χ0v) is 4.13. The van der Waals surface area contributed by atoms with Crippen LogP contribution in [0.5, 0.6) is 0 Å². The maximum atomic E-state index is 10.4. The highest BCUT2D eigenvalue weighted by Gasteiger charge is 1.90. The fourth-order valence-electron chi connectivity index (χ4n) is 0.350. The van der Waals surface area contributed by atoms with E-state index in [1.54, 1.807) is 0 Å². The third kappa shape index (κ3) is 1.11. The van der Waals surface area contributed by atoms with Crippen LogP contribution in [0.4, 0.5) is 0 Å². The van der Waals surface area contributed by atoms with E-state index in [4.69, 9.17) is 0 Å². The van der Waals surface area contributed by atoms with Crippen molar-refractivity contribution < 1.29 is 9.53 Å². The van der Waals surface area contributed by atoms with Crippen LogP contribution in [0.3, 0.4) is 0 Å². The van der Waals surface area contributed by atoms with E-state index in [0.29, 0.717) is 0 Å². The third-order valence-corrected chi connectivity index (χ3v) is 0.670. The smallest absolute Gasteiger partial charge is 0.251 e. The number of amides is 1. The molecular formula is C5H5NO2. The van der Waals surface area contributed by atoms with E-state index in [9.17, 15) is 4.79 Å². The second-order valence-electron chi connectivity index (χ2n) is 1.25. The van der Waals surface area contributed by atoms with Crippen LogP contribution >= 0.6 is 0 Å². The second kappa shape index (κ2) is 2.16. The summed E-state index contributed by atoms with van der Waals surface area (Å²) >= 11 is 0. The van der Waals surface area contributed by atoms with Gasteiger partial charge in [-0.1, -0.05) is 0 Å². The van der Waals surface area contributed by atoms with Gasteiger partial charge in [0.1, 0.15) is 6.26 Å². The highest BCUT2D eigenvalue weighted by molar-refractivity contribution is 5.88. The van der Waals surface area contributed by atoms with Gasteiger partial charge in [-0.2, -0.15) is 0 Å². The molecule has 0 saturated carbocycles. The summed E-state index contributed by atoms with van der Waals surface area (Å²) < 4.78 is 4.62. The monoisotopic (exact) mass is 111 g/mol. The lowest BCUT2D eigenvalue weighted by molar-refractivity contribution is -0.115. The molecule has 0 unspecified atom stereocenters. The van der Waals surface area contributed by atoms with Gasteiger partial charge < -0.3 is 10.1 Å². The Morgan fingerprint density at radius 1 is 1.50 bits per heavy atom. The lowest BCUT2D eigenvalue weighted by atomic mass is 10.6. The summed E-state index contributed by atoms with van der Waals surface area (Å²) in [4.78, 5) is 10.4. The quantitative estimate of drug-likeness (QED) is 0.482. The first-order valence-electron chi connectivity index (χ1n) is 2.17. The van der Waals surface area contributed by atoms with Crippen molar-refractivity contribution in [1.29, 1.82) is 0 Å². The van der Waals surface area contributed by atoms with E-state index in [0.717, 1.165) is 0 Å². The zero-order valence-electron chi connectivity index (χ0n) is 4.13. The first-order valence-corrected chi connectivity index (χ1v) is 2.17. The fraction of sp³-hybridized carbons (Fsp3) is 0. The maximum Gasteiger partial charge on any atom is 0.251 e.